The third-order valence-electron chi connectivity index (χ3n) is 2.19. The molecule has 0 amide bonds. The summed E-state index contributed by atoms with van der Waals surface area (Å²) >= 11 is 0. The Morgan fingerprint density at radius 3 is 1.35 bits per heavy atom. The van der Waals surface area contributed by atoms with Gasteiger partial charge in [-0.15, -0.1) is 9.24 Å². The number of carboxylic acid groups (broad SMARTS) is 2. The Bertz CT molecular complexity index is 536. The van der Waals surface area contributed by atoms with E-state index in [0.29, 0.717) is 0 Å². The fourth-order valence-electron chi connectivity index (χ4n) is 1.31. The minimum atomic E-state index is -1.23. The maximum Gasteiger partial charge on any atom is 0.336 e. The van der Waals surface area contributed by atoms with Crippen LogP contribution in [0.3, 0.4) is 0 Å². The molecule has 0 spiro atoms. The van der Waals surface area contributed by atoms with Gasteiger partial charge in [-0.2, -0.15) is 0 Å². The zero-order chi connectivity index (χ0) is 14.3. The fourth-order valence-corrected chi connectivity index (χ4v) is 1.53. The van der Waals surface area contributed by atoms with Gasteiger partial charge in [0.2, 0.25) is 0 Å². The van der Waals surface area contributed by atoms with E-state index in [4.69, 9.17) is 10.2 Å². The van der Waals surface area contributed by atoms with Crippen molar-refractivity contribution in [1.82, 2.24) is 0 Å². The monoisotopic (exact) mass is 294 g/mol. The molecule has 0 fully saturated rings. The summed E-state index contributed by atoms with van der Waals surface area (Å²) in [7, 11) is 2.63. The average molecular weight is 294 g/mol. The number of hydrogen-bond donors (Lipinski definition) is 2. The molecule has 0 heterocycles. The van der Waals surface area contributed by atoms with E-state index >= 15 is 0 Å². The van der Waals surface area contributed by atoms with Gasteiger partial charge in [-0.25, -0.2) is 9.59 Å². The zero-order valence-corrected chi connectivity index (χ0v) is 11.6. The lowest BCUT2D eigenvalue weighted by Gasteiger charge is -1.98. The maximum atomic E-state index is 10.5. The third kappa shape index (κ3) is 5.61. The molecule has 2 rings (SSSR count). The first-order valence-corrected chi connectivity index (χ1v) is 5.96. The van der Waals surface area contributed by atoms with Gasteiger partial charge in [0.1, 0.15) is 0 Å². The van der Waals surface area contributed by atoms with Crippen molar-refractivity contribution >= 4 is 26.5 Å². The maximum absolute atomic E-state index is 10.5. The van der Waals surface area contributed by atoms with Crippen molar-refractivity contribution in [2.24, 2.45) is 0 Å². The Kier molecular flexibility index (Phi) is 7.82. The Balaban J connectivity index is 0.000000387. The third-order valence-corrected chi connectivity index (χ3v) is 2.57. The number of aromatic carboxylic acids is 2. The van der Waals surface area contributed by atoms with E-state index in [2.05, 4.69) is 9.24 Å². The van der Waals surface area contributed by atoms with Crippen LogP contribution in [0.1, 0.15) is 20.7 Å². The van der Waals surface area contributed by atoms with E-state index in [0.717, 1.165) is 0 Å². The number of carbonyl (C=O) groups is 2. The molecule has 0 aliphatic carbocycles. The van der Waals surface area contributed by atoms with Gasteiger partial charge in [0, 0.05) is 0 Å². The molecule has 1 atom stereocenters. The largest absolute Gasteiger partial charge is 0.478 e. The number of benzene rings is 2. The Labute approximate surface area is 118 Å². The number of rotatable bonds is 2. The molecular formula is C14H15O5P. The average Bonchev–Trinajstić information content (AvgIpc) is 2.40. The summed E-state index contributed by atoms with van der Waals surface area (Å²) < 4.78 is 0. The first kappa shape index (κ1) is 17.8. The van der Waals surface area contributed by atoms with E-state index in [1.807, 2.05) is 30.3 Å². The molecule has 106 valence electrons. The lowest BCUT2D eigenvalue weighted by Crippen LogP contribution is -2.06. The van der Waals surface area contributed by atoms with Gasteiger partial charge in [-0.3, -0.25) is 0 Å². The second-order valence-corrected chi connectivity index (χ2v) is 4.23. The van der Waals surface area contributed by atoms with Gasteiger partial charge < -0.3 is 15.7 Å². The summed E-state index contributed by atoms with van der Waals surface area (Å²) in [5, 5.41) is 18.3. The fraction of sp³-hybridized carbons (Fsp3) is 0. The summed E-state index contributed by atoms with van der Waals surface area (Å²) in [6, 6.07) is 15.6. The predicted octanol–water partition coefficient (Wildman–Crippen LogP) is 1.45. The summed E-state index contributed by atoms with van der Waals surface area (Å²) in [5.41, 5.74) is -0.380. The van der Waals surface area contributed by atoms with Crippen LogP contribution in [-0.4, -0.2) is 27.6 Å². The standard InChI is InChI=1S/C8H6O4.C6H7P.H2O/c9-7(10)5-3-1-2-4-6(5)8(11)12;7-6-4-2-1-3-5-6;/h1-4H,(H,9,10)(H,11,12);1-5H,7H2;1H2. The van der Waals surface area contributed by atoms with Crippen LogP contribution in [-0.2, 0) is 0 Å². The van der Waals surface area contributed by atoms with E-state index in [9.17, 15) is 9.59 Å². The molecule has 0 saturated heterocycles. The Hall–Kier alpha value is -2.23. The van der Waals surface area contributed by atoms with Crippen LogP contribution in [0.4, 0.5) is 0 Å². The molecule has 4 N–H and O–H groups in total. The lowest BCUT2D eigenvalue weighted by atomic mass is 10.1. The summed E-state index contributed by atoms with van der Waals surface area (Å²) in [6.45, 7) is 0. The minimum Gasteiger partial charge on any atom is -0.478 e. The summed E-state index contributed by atoms with van der Waals surface area (Å²) in [6.07, 6.45) is 0. The Morgan fingerprint density at radius 2 is 1.10 bits per heavy atom. The van der Waals surface area contributed by atoms with Gasteiger partial charge in [-0.05, 0) is 17.4 Å². The van der Waals surface area contributed by atoms with Crippen LogP contribution >= 0.6 is 9.24 Å². The van der Waals surface area contributed by atoms with Crippen molar-refractivity contribution in [3.63, 3.8) is 0 Å². The van der Waals surface area contributed by atoms with Crippen molar-refractivity contribution in [1.29, 1.82) is 0 Å². The topological polar surface area (TPSA) is 106 Å². The smallest absolute Gasteiger partial charge is 0.336 e. The molecule has 0 saturated carbocycles. The van der Waals surface area contributed by atoms with E-state index in [-0.39, 0.29) is 16.6 Å². The van der Waals surface area contributed by atoms with E-state index in [1.54, 1.807) is 0 Å². The predicted molar refractivity (Wildman–Crippen MR) is 79.8 cm³/mol. The minimum absolute atomic E-state index is 0. The first-order chi connectivity index (χ1) is 9.02. The van der Waals surface area contributed by atoms with Gasteiger partial charge in [0.15, 0.2) is 0 Å². The highest BCUT2D eigenvalue weighted by Gasteiger charge is 2.13. The van der Waals surface area contributed by atoms with Crippen LogP contribution in [0.25, 0.3) is 0 Å². The van der Waals surface area contributed by atoms with Gasteiger partial charge >= 0.3 is 11.9 Å². The molecule has 0 radical (unpaired) electrons. The van der Waals surface area contributed by atoms with Crippen molar-refractivity contribution in [3.05, 3.63) is 65.7 Å². The first-order valence-electron chi connectivity index (χ1n) is 5.38. The van der Waals surface area contributed by atoms with Crippen molar-refractivity contribution < 1.29 is 25.3 Å². The zero-order valence-electron chi connectivity index (χ0n) is 10.5. The van der Waals surface area contributed by atoms with Gasteiger partial charge in [0.05, 0.1) is 11.1 Å². The molecule has 0 bridgehead atoms. The highest BCUT2D eigenvalue weighted by molar-refractivity contribution is 7.27. The van der Waals surface area contributed by atoms with E-state index in [1.165, 1.54) is 29.6 Å². The van der Waals surface area contributed by atoms with Crippen LogP contribution in [0.2, 0.25) is 0 Å². The summed E-state index contributed by atoms with van der Waals surface area (Å²) in [5.74, 6) is -2.46. The van der Waals surface area contributed by atoms with Crippen molar-refractivity contribution in [2.75, 3.05) is 0 Å². The molecule has 2 aromatic rings. The van der Waals surface area contributed by atoms with Crippen LogP contribution in [0.15, 0.2) is 54.6 Å². The van der Waals surface area contributed by atoms with Crippen molar-refractivity contribution in [2.45, 2.75) is 0 Å². The molecule has 5 nitrogen and oxygen atoms in total. The molecule has 0 aromatic heterocycles. The normalized spacial score (nSPS) is 8.65. The molecule has 0 aliphatic heterocycles. The molecule has 2 aromatic carbocycles. The van der Waals surface area contributed by atoms with Gasteiger partial charge in [-0.1, -0.05) is 42.5 Å². The SMILES string of the molecule is O.O=C(O)c1ccccc1C(=O)O.Pc1ccccc1. The molecular weight excluding hydrogens is 279 g/mol. The number of carboxylic acids is 2. The van der Waals surface area contributed by atoms with Crippen LogP contribution in [0.5, 0.6) is 0 Å². The van der Waals surface area contributed by atoms with Crippen molar-refractivity contribution in [3.8, 4) is 0 Å². The van der Waals surface area contributed by atoms with E-state index < -0.39 is 11.9 Å². The van der Waals surface area contributed by atoms with Crippen LogP contribution in [0, 0.1) is 0 Å². The van der Waals surface area contributed by atoms with Gasteiger partial charge in [0.25, 0.3) is 0 Å². The van der Waals surface area contributed by atoms with Crippen LogP contribution < -0.4 is 5.30 Å². The Morgan fingerprint density at radius 1 is 0.750 bits per heavy atom. The second kappa shape index (κ2) is 8.80. The second-order valence-electron chi connectivity index (χ2n) is 3.57. The molecule has 6 heteroatoms. The summed E-state index contributed by atoms with van der Waals surface area (Å²) in [4.78, 5) is 20.9. The molecule has 20 heavy (non-hydrogen) atoms. The number of hydrogen-bond acceptors (Lipinski definition) is 2. The highest BCUT2D eigenvalue weighted by atomic mass is 31.0. The molecule has 0 aliphatic rings. The highest BCUT2D eigenvalue weighted by Crippen LogP contribution is 2.07. The lowest BCUT2D eigenvalue weighted by molar-refractivity contribution is 0.0651. The quantitative estimate of drug-likeness (QED) is 0.817. The molecule has 1 unspecified atom stereocenters.